The molecule has 0 radical (unpaired) electrons. The van der Waals surface area contributed by atoms with Crippen molar-refractivity contribution in [3.05, 3.63) is 41.0 Å². The molecule has 0 saturated carbocycles. The number of rotatable bonds is 2. The lowest BCUT2D eigenvalue weighted by Crippen LogP contribution is -2.19. The number of benzene rings is 1. The zero-order valence-electron chi connectivity index (χ0n) is 11.4. The molecule has 0 N–H and O–H groups in total. The van der Waals surface area contributed by atoms with Gasteiger partial charge in [0, 0.05) is 12.8 Å². The molecule has 19 heavy (non-hydrogen) atoms. The second kappa shape index (κ2) is 5.20. The summed E-state index contributed by atoms with van der Waals surface area (Å²) in [5, 5.41) is 0. The Morgan fingerprint density at radius 1 is 1.21 bits per heavy atom. The summed E-state index contributed by atoms with van der Waals surface area (Å²) in [4.78, 5) is 11.3. The van der Waals surface area contributed by atoms with Crippen molar-refractivity contribution in [3.8, 4) is 5.75 Å². The van der Waals surface area contributed by atoms with Crippen LogP contribution in [-0.2, 0) is 17.6 Å². The molecule has 2 nitrogen and oxygen atoms in total. The van der Waals surface area contributed by atoms with E-state index in [2.05, 4.69) is 24.3 Å². The standard InChI is InChI=1S/C17H20O2/c1-19-17-4-2-3-14-11-13(7-10-16(14)17)12-5-8-15(18)9-6-12/h2-5,13H,6-11H2,1H3/t13-/m1/s1. The number of Topliss-reactive ketones (excluding diaryl/α,β-unsaturated/α-hetero) is 1. The van der Waals surface area contributed by atoms with Gasteiger partial charge in [-0.1, -0.05) is 23.8 Å². The summed E-state index contributed by atoms with van der Waals surface area (Å²) in [6, 6.07) is 6.36. The van der Waals surface area contributed by atoms with Crippen LogP contribution >= 0.6 is 0 Å². The topological polar surface area (TPSA) is 26.3 Å². The van der Waals surface area contributed by atoms with Crippen molar-refractivity contribution >= 4 is 5.78 Å². The number of hydrogen-bond donors (Lipinski definition) is 0. The van der Waals surface area contributed by atoms with Crippen LogP contribution in [0.3, 0.4) is 0 Å². The molecule has 0 spiro atoms. The fraction of sp³-hybridized carbons (Fsp3) is 0.471. The number of carbonyl (C=O) groups excluding carboxylic acids is 1. The number of carbonyl (C=O) groups is 1. The average molecular weight is 256 g/mol. The van der Waals surface area contributed by atoms with Crippen molar-refractivity contribution in [2.45, 2.75) is 38.5 Å². The van der Waals surface area contributed by atoms with Crippen LogP contribution in [0.4, 0.5) is 0 Å². The number of hydrogen-bond acceptors (Lipinski definition) is 2. The fourth-order valence-corrected chi connectivity index (χ4v) is 3.38. The second-order valence-corrected chi connectivity index (χ2v) is 5.56. The van der Waals surface area contributed by atoms with Gasteiger partial charge in [0.1, 0.15) is 11.5 Å². The Morgan fingerprint density at radius 3 is 2.84 bits per heavy atom. The van der Waals surface area contributed by atoms with Crippen molar-refractivity contribution in [2.75, 3.05) is 7.11 Å². The van der Waals surface area contributed by atoms with E-state index in [1.54, 1.807) is 7.11 Å². The SMILES string of the molecule is COc1cccc2c1CC[C@@H](C1=CCC(=O)CC1)C2. The highest BCUT2D eigenvalue weighted by Gasteiger charge is 2.25. The number of ether oxygens (including phenoxy) is 1. The highest BCUT2D eigenvalue weighted by molar-refractivity contribution is 5.81. The second-order valence-electron chi connectivity index (χ2n) is 5.56. The maximum absolute atomic E-state index is 11.3. The summed E-state index contributed by atoms with van der Waals surface area (Å²) in [5.74, 6) is 2.05. The minimum Gasteiger partial charge on any atom is -0.496 e. The van der Waals surface area contributed by atoms with E-state index in [1.165, 1.54) is 23.1 Å². The van der Waals surface area contributed by atoms with Crippen LogP contribution in [0.15, 0.2) is 29.8 Å². The van der Waals surface area contributed by atoms with Gasteiger partial charge in [0.25, 0.3) is 0 Å². The molecule has 0 aromatic heterocycles. The molecule has 0 amide bonds. The highest BCUT2D eigenvalue weighted by Crippen LogP contribution is 2.37. The molecule has 1 aromatic rings. The predicted molar refractivity (Wildman–Crippen MR) is 75.5 cm³/mol. The van der Waals surface area contributed by atoms with E-state index >= 15 is 0 Å². The molecule has 1 aromatic carbocycles. The first kappa shape index (κ1) is 12.5. The predicted octanol–water partition coefficient (Wildman–Crippen LogP) is 3.48. The monoisotopic (exact) mass is 256 g/mol. The Bertz CT molecular complexity index is 528. The van der Waals surface area contributed by atoms with Crippen LogP contribution in [0.1, 0.15) is 36.8 Å². The molecular formula is C17H20O2. The maximum Gasteiger partial charge on any atom is 0.136 e. The third-order valence-electron chi connectivity index (χ3n) is 4.47. The summed E-state index contributed by atoms with van der Waals surface area (Å²) in [6.45, 7) is 0. The molecule has 0 aliphatic heterocycles. The first-order valence-electron chi connectivity index (χ1n) is 7.13. The number of fused-ring (bicyclic) bond motifs is 1. The first-order valence-corrected chi connectivity index (χ1v) is 7.13. The zero-order valence-corrected chi connectivity index (χ0v) is 11.4. The van der Waals surface area contributed by atoms with E-state index in [-0.39, 0.29) is 0 Å². The molecule has 0 bridgehead atoms. The van der Waals surface area contributed by atoms with Gasteiger partial charge in [-0.3, -0.25) is 4.79 Å². The summed E-state index contributed by atoms with van der Waals surface area (Å²) in [5.41, 5.74) is 4.32. The van der Waals surface area contributed by atoms with E-state index in [9.17, 15) is 4.79 Å². The van der Waals surface area contributed by atoms with Gasteiger partial charge in [-0.2, -0.15) is 0 Å². The lowest BCUT2D eigenvalue weighted by Gasteiger charge is -2.29. The number of methoxy groups -OCH3 is 1. The Morgan fingerprint density at radius 2 is 2.11 bits per heavy atom. The Hall–Kier alpha value is -1.57. The number of allylic oxidation sites excluding steroid dienone is 2. The molecule has 0 fully saturated rings. The Labute approximate surface area is 114 Å². The zero-order chi connectivity index (χ0) is 13.2. The summed E-state index contributed by atoms with van der Waals surface area (Å²) in [6.07, 6.45) is 7.93. The smallest absolute Gasteiger partial charge is 0.136 e. The Kier molecular flexibility index (Phi) is 3.41. The first-order chi connectivity index (χ1) is 9.28. The summed E-state index contributed by atoms with van der Waals surface area (Å²) >= 11 is 0. The molecule has 100 valence electrons. The van der Waals surface area contributed by atoms with E-state index in [1.807, 2.05) is 0 Å². The van der Waals surface area contributed by atoms with Crippen molar-refractivity contribution < 1.29 is 9.53 Å². The molecular weight excluding hydrogens is 236 g/mol. The van der Waals surface area contributed by atoms with E-state index < -0.39 is 0 Å². The molecule has 0 saturated heterocycles. The highest BCUT2D eigenvalue weighted by atomic mass is 16.5. The quantitative estimate of drug-likeness (QED) is 0.757. The van der Waals surface area contributed by atoms with Crippen molar-refractivity contribution in [2.24, 2.45) is 5.92 Å². The largest absolute Gasteiger partial charge is 0.496 e. The van der Waals surface area contributed by atoms with Gasteiger partial charge in [0.2, 0.25) is 0 Å². The van der Waals surface area contributed by atoms with Crippen molar-refractivity contribution in [3.63, 3.8) is 0 Å². The van der Waals surface area contributed by atoms with Crippen LogP contribution in [0, 0.1) is 5.92 Å². The average Bonchev–Trinajstić information content (AvgIpc) is 2.47. The normalized spacial score (nSPS) is 22.7. The molecule has 2 aliphatic carbocycles. The van der Waals surface area contributed by atoms with Gasteiger partial charge in [0.05, 0.1) is 7.11 Å². The third-order valence-corrected chi connectivity index (χ3v) is 4.47. The molecule has 1 atom stereocenters. The Balaban J connectivity index is 1.81. The minimum atomic E-state index is 0.390. The lowest BCUT2D eigenvalue weighted by atomic mass is 9.76. The van der Waals surface area contributed by atoms with Gasteiger partial charge in [-0.05, 0) is 48.8 Å². The number of ketones is 1. The van der Waals surface area contributed by atoms with Crippen LogP contribution < -0.4 is 4.74 Å². The van der Waals surface area contributed by atoms with E-state index in [0.717, 1.165) is 31.4 Å². The summed E-state index contributed by atoms with van der Waals surface area (Å²) < 4.78 is 5.45. The van der Waals surface area contributed by atoms with Gasteiger partial charge >= 0.3 is 0 Å². The van der Waals surface area contributed by atoms with Crippen molar-refractivity contribution in [1.82, 2.24) is 0 Å². The molecule has 2 heteroatoms. The summed E-state index contributed by atoms with van der Waals surface area (Å²) in [7, 11) is 1.75. The molecule has 3 rings (SSSR count). The van der Waals surface area contributed by atoms with Gasteiger partial charge in [-0.15, -0.1) is 0 Å². The van der Waals surface area contributed by atoms with Crippen LogP contribution in [0.2, 0.25) is 0 Å². The third kappa shape index (κ3) is 2.44. The minimum absolute atomic E-state index is 0.390. The maximum atomic E-state index is 11.3. The lowest BCUT2D eigenvalue weighted by molar-refractivity contribution is -0.118. The van der Waals surface area contributed by atoms with Crippen LogP contribution in [0.5, 0.6) is 5.75 Å². The fourth-order valence-electron chi connectivity index (χ4n) is 3.38. The van der Waals surface area contributed by atoms with Crippen LogP contribution in [0.25, 0.3) is 0 Å². The van der Waals surface area contributed by atoms with Gasteiger partial charge < -0.3 is 4.74 Å². The molecule has 0 heterocycles. The molecule has 0 unspecified atom stereocenters. The van der Waals surface area contributed by atoms with E-state index in [4.69, 9.17) is 4.74 Å². The molecule has 2 aliphatic rings. The van der Waals surface area contributed by atoms with E-state index in [0.29, 0.717) is 18.1 Å². The van der Waals surface area contributed by atoms with Gasteiger partial charge in [-0.25, -0.2) is 0 Å². The van der Waals surface area contributed by atoms with Gasteiger partial charge in [0.15, 0.2) is 0 Å². The van der Waals surface area contributed by atoms with Crippen molar-refractivity contribution in [1.29, 1.82) is 0 Å². The van der Waals surface area contributed by atoms with Crippen LogP contribution in [-0.4, -0.2) is 12.9 Å².